The van der Waals surface area contributed by atoms with E-state index in [4.69, 9.17) is 18.7 Å². The van der Waals surface area contributed by atoms with Crippen LogP contribution in [0.4, 0.5) is 0 Å². The van der Waals surface area contributed by atoms with Gasteiger partial charge in [0.15, 0.2) is 18.1 Å². The molecular formula is C18H16N2O5. The maximum absolute atomic E-state index is 10.9. The van der Waals surface area contributed by atoms with Crippen molar-refractivity contribution in [2.45, 2.75) is 6.61 Å². The summed E-state index contributed by atoms with van der Waals surface area (Å²) in [5.74, 6) is 2.28. The second-order valence-corrected chi connectivity index (χ2v) is 5.03. The number of carbonyl (C=O) groups is 1. The average molecular weight is 340 g/mol. The molecule has 1 aromatic heterocycles. The Hall–Kier alpha value is -3.35. The average Bonchev–Trinajstić information content (AvgIpc) is 3.14. The molecule has 1 heterocycles. The highest BCUT2D eigenvalue weighted by Crippen LogP contribution is 2.29. The lowest BCUT2D eigenvalue weighted by atomic mass is 10.2. The summed E-state index contributed by atoms with van der Waals surface area (Å²) in [5.41, 5.74) is 1.21. The first-order valence-electron chi connectivity index (χ1n) is 7.47. The summed E-state index contributed by atoms with van der Waals surface area (Å²) < 4.78 is 21.4. The van der Waals surface area contributed by atoms with Crippen molar-refractivity contribution < 1.29 is 23.5 Å². The molecule has 7 nitrogen and oxygen atoms in total. The van der Waals surface area contributed by atoms with Gasteiger partial charge in [0.2, 0.25) is 5.82 Å². The molecule has 7 heteroatoms. The van der Waals surface area contributed by atoms with Gasteiger partial charge in [-0.3, -0.25) is 4.79 Å². The normalized spacial score (nSPS) is 10.3. The van der Waals surface area contributed by atoms with Crippen molar-refractivity contribution in [2.24, 2.45) is 0 Å². The molecule has 25 heavy (non-hydrogen) atoms. The Kier molecular flexibility index (Phi) is 4.94. The van der Waals surface area contributed by atoms with Crippen LogP contribution in [0, 0.1) is 0 Å². The van der Waals surface area contributed by atoms with Crippen molar-refractivity contribution in [3.05, 3.63) is 53.9 Å². The largest absolute Gasteiger partial charge is 0.496 e. The fraction of sp³-hybridized carbons (Fsp3) is 0.167. The Morgan fingerprint density at radius 3 is 2.60 bits per heavy atom. The minimum atomic E-state index is 0.0425. The number of hydrogen-bond donors (Lipinski definition) is 0. The number of nitrogens with zero attached hydrogens (tertiary/aromatic N) is 2. The summed E-state index contributed by atoms with van der Waals surface area (Å²) in [6.07, 6.45) is 0.735. The van der Waals surface area contributed by atoms with Crippen LogP contribution in [0.15, 0.2) is 47.0 Å². The maximum Gasteiger partial charge on any atom is 0.264 e. The van der Waals surface area contributed by atoms with E-state index in [1.807, 2.05) is 24.3 Å². The van der Waals surface area contributed by atoms with Gasteiger partial charge < -0.3 is 18.7 Å². The van der Waals surface area contributed by atoms with E-state index in [0.29, 0.717) is 34.5 Å². The second-order valence-electron chi connectivity index (χ2n) is 5.03. The van der Waals surface area contributed by atoms with Crippen LogP contribution in [0.2, 0.25) is 0 Å². The minimum absolute atomic E-state index is 0.0425. The van der Waals surface area contributed by atoms with Gasteiger partial charge in [-0.05, 0) is 30.3 Å². The van der Waals surface area contributed by atoms with E-state index in [9.17, 15) is 4.79 Å². The first-order valence-corrected chi connectivity index (χ1v) is 7.47. The number of aldehydes is 1. The zero-order chi connectivity index (χ0) is 17.6. The fourth-order valence-corrected chi connectivity index (χ4v) is 2.27. The Balaban J connectivity index is 1.77. The molecule has 0 saturated heterocycles. The molecule has 128 valence electrons. The van der Waals surface area contributed by atoms with Gasteiger partial charge in [-0.1, -0.05) is 17.3 Å². The molecule has 0 saturated carbocycles. The summed E-state index contributed by atoms with van der Waals surface area (Å²) in [7, 11) is 3.10. The maximum atomic E-state index is 10.9. The Morgan fingerprint density at radius 1 is 1.04 bits per heavy atom. The number of methoxy groups -OCH3 is 2. The summed E-state index contributed by atoms with van der Waals surface area (Å²) in [4.78, 5) is 15.2. The topological polar surface area (TPSA) is 83.7 Å². The highest BCUT2D eigenvalue weighted by molar-refractivity contribution is 5.76. The van der Waals surface area contributed by atoms with Crippen LogP contribution >= 0.6 is 0 Å². The summed E-state index contributed by atoms with van der Waals surface area (Å²) in [5, 5.41) is 3.95. The van der Waals surface area contributed by atoms with E-state index in [0.717, 1.165) is 11.8 Å². The van der Waals surface area contributed by atoms with Gasteiger partial charge in [-0.15, -0.1) is 0 Å². The number of aromatic nitrogens is 2. The molecule has 0 amide bonds. The van der Waals surface area contributed by atoms with Gasteiger partial charge in [0.25, 0.3) is 5.89 Å². The highest BCUT2D eigenvalue weighted by Gasteiger charge is 2.14. The van der Waals surface area contributed by atoms with E-state index in [2.05, 4.69) is 10.1 Å². The van der Waals surface area contributed by atoms with Gasteiger partial charge in [0, 0.05) is 5.56 Å². The Bertz CT molecular complexity index is 875. The van der Waals surface area contributed by atoms with Gasteiger partial charge in [0.1, 0.15) is 12.0 Å². The smallest absolute Gasteiger partial charge is 0.264 e. The molecule has 0 aliphatic rings. The van der Waals surface area contributed by atoms with Crippen molar-refractivity contribution in [2.75, 3.05) is 14.2 Å². The Labute approximate surface area is 144 Å². The van der Waals surface area contributed by atoms with Crippen LogP contribution in [0.1, 0.15) is 16.2 Å². The molecule has 0 bridgehead atoms. The quantitative estimate of drug-likeness (QED) is 0.611. The molecule has 0 fully saturated rings. The molecular weight excluding hydrogens is 324 g/mol. The van der Waals surface area contributed by atoms with Gasteiger partial charge in [-0.25, -0.2) is 0 Å². The van der Waals surface area contributed by atoms with Gasteiger partial charge in [-0.2, -0.15) is 4.98 Å². The van der Waals surface area contributed by atoms with Crippen LogP contribution in [0.25, 0.3) is 11.4 Å². The van der Waals surface area contributed by atoms with Crippen molar-refractivity contribution in [1.29, 1.82) is 0 Å². The summed E-state index contributed by atoms with van der Waals surface area (Å²) in [6, 6.07) is 12.3. The third kappa shape index (κ3) is 3.60. The predicted molar refractivity (Wildman–Crippen MR) is 89.0 cm³/mol. The first kappa shape index (κ1) is 16.5. The molecule has 3 aromatic rings. The highest BCUT2D eigenvalue weighted by atomic mass is 16.5. The number of benzene rings is 2. The SMILES string of the molecule is COc1ccc(C=O)cc1OCc1nc(-c2ccccc2OC)no1. The monoisotopic (exact) mass is 340 g/mol. The van der Waals surface area contributed by atoms with E-state index < -0.39 is 0 Å². The van der Waals surface area contributed by atoms with Crippen LogP contribution in [-0.2, 0) is 6.61 Å². The first-order chi connectivity index (χ1) is 12.2. The van der Waals surface area contributed by atoms with Crippen molar-refractivity contribution in [3.8, 4) is 28.6 Å². The molecule has 0 spiro atoms. The molecule has 0 aliphatic carbocycles. The number of ether oxygens (including phenoxy) is 3. The van der Waals surface area contributed by atoms with Crippen molar-refractivity contribution >= 4 is 6.29 Å². The number of para-hydroxylation sites is 1. The molecule has 3 rings (SSSR count). The van der Waals surface area contributed by atoms with Gasteiger partial charge in [0.05, 0.1) is 19.8 Å². The molecule has 2 aromatic carbocycles. The molecule has 0 radical (unpaired) electrons. The van der Waals surface area contributed by atoms with Gasteiger partial charge >= 0.3 is 0 Å². The van der Waals surface area contributed by atoms with Crippen molar-refractivity contribution in [1.82, 2.24) is 10.1 Å². The summed E-state index contributed by atoms with van der Waals surface area (Å²) in [6.45, 7) is 0.0425. The van der Waals surface area contributed by atoms with E-state index in [1.54, 1.807) is 25.3 Å². The zero-order valence-corrected chi connectivity index (χ0v) is 13.8. The third-order valence-electron chi connectivity index (χ3n) is 3.49. The van der Waals surface area contributed by atoms with Crippen molar-refractivity contribution in [3.63, 3.8) is 0 Å². The van der Waals surface area contributed by atoms with E-state index in [1.165, 1.54) is 7.11 Å². The van der Waals surface area contributed by atoms with Crippen LogP contribution in [0.3, 0.4) is 0 Å². The number of carbonyl (C=O) groups excluding carboxylic acids is 1. The van der Waals surface area contributed by atoms with Crippen LogP contribution in [-0.4, -0.2) is 30.6 Å². The number of rotatable bonds is 7. The standard InChI is InChI=1S/C18H16N2O5/c1-22-14-6-4-3-5-13(14)18-19-17(25-20-18)11-24-16-9-12(10-21)7-8-15(16)23-2/h3-10H,11H2,1-2H3. The lowest BCUT2D eigenvalue weighted by Crippen LogP contribution is -1.99. The minimum Gasteiger partial charge on any atom is -0.496 e. The van der Waals surface area contributed by atoms with E-state index >= 15 is 0 Å². The molecule has 0 aliphatic heterocycles. The molecule has 0 unspecified atom stereocenters. The molecule has 0 N–H and O–H groups in total. The van der Waals surface area contributed by atoms with Crippen LogP contribution < -0.4 is 14.2 Å². The lowest BCUT2D eigenvalue weighted by molar-refractivity contribution is 0.112. The van der Waals surface area contributed by atoms with Crippen LogP contribution in [0.5, 0.6) is 17.2 Å². The number of hydrogen-bond acceptors (Lipinski definition) is 7. The van der Waals surface area contributed by atoms with E-state index in [-0.39, 0.29) is 6.61 Å². The second kappa shape index (κ2) is 7.48. The summed E-state index contributed by atoms with van der Waals surface area (Å²) >= 11 is 0. The lowest BCUT2D eigenvalue weighted by Gasteiger charge is -2.09. The fourth-order valence-electron chi connectivity index (χ4n) is 2.27. The third-order valence-corrected chi connectivity index (χ3v) is 3.49. The predicted octanol–water partition coefficient (Wildman–Crippen LogP) is 3.15. The Morgan fingerprint density at radius 2 is 1.84 bits per heavy atom. The molecule has 0 atom stereocenters. The zero-order valence-electron chi connectivity index (χ0n) is 13.8.